The Morgan fingerprint density at radius 3 is 2.59 bits per heavy atom. The van der Waals surface area contributed by atoms with E-state index >= 15 is 0 Å². The van der Waals surface area contributed by atoms with Crippen LogP contribution in [0.15, 0.2) is 12.1 Å². The van der Waals surface area contributed by atoms with Gasteiger partial charge in [-0.05, 0) is 44.0 Å². The van der Waals surface area contributed by atoms with Crippen molar-refractivity contribution in [3.05, 3.63) is 23.3 Å². The first-order valence-corrected chi connectivity index (χ1v) is 5.63. The molecule has 0 aliphatic heterocycles. The quantitative estimate of drug-likeness (QED) is 0.798. The van der Waals surface area contributed by atoms with Crippen molar-refractivity contribution in [3.63, 3.8) is 0 Å². The second-order valence-corrected chi connectivity index (χ2v) is 3.72. The van der Waals surface area contributed by atoms with Gasteiger partial charge in [-0.3, -0.25) is 4.79 Å². The zero-order valence-corrected chi connectivity index (χ0v) is 10.8. The van der Waals surface area contributed by atoms with E-state index in [0.717, 1.165) is 22.6 Å². The molecule has 1 aromatic rings. The van der Waals surface area contributed by atoms with Gasteiger partial charge in [0, 0.05) is 5.69 Å². The van der Waals surface area contributed by atoms with Crippen LogP contribution >= 0.6 is 0 Å². The van der Waals surface area contributed by atoms with Crippen molar-refractivity contribution >= 4 is 11.7 Å². The summed E-state index contributed by atoms with van der Waals surface area (Å²) in [6.07, 6.45) is 0. The molecule has 0 saturated heterocycles. The molecule has 0 aromatic heterocycles. The largest absolute Gasteiger partial charge is 0.496 e. The highest BCUT2D eigenvalue weighted by molar-refractivity contribution is 5.75. The van der Waals surface area contributed by atoms with Gasteiger partial charge in [-0.1, -0.05) is 0 Å². The number of nitrogens with one attached hydrogen (secondary N) is 1. The molecular weight excluding hydrogens is 218 g/mol. The van der Waals surface area contributed by atoms with Crippen molar-refractivity contribution in [3.8, 4) is 5.75 Å². The lowest BCUT2D eigenvalue weighted by atomic mass is 10.1. The Kier molecular flexibility index (Phi) is 4.82. The first-order chi connectivity index (χ1) is 8.10. The normalized spacial score (nSPS) is 9.88. The molecular formula is C13H19NO3. The highest BCUT2D eigenvalue weighted by atomic mass is 16.5. The Morgan fingerprint density at radius 1 is 1.29 bits per heavy atom. The fourth-order valence-corrected chi connectivity index (χ4v) is 1.59. The first-order valence-electron chi connectivity index (χ1n) is 5.63. The monoisotopic (exact) mass is 237 g/mol. The Bertz CT molecular complexity index is 402. The van der Waals surface area contributed by atoms with E-state index in [2.05, 4.69) is 5.32 Å². The number of benzene rings is 1. The van der Waals surface area contributed by atoms with Gasteiger partial charge in [-0.2, -0.15) is 0 Å². The predicted octanol–water partition coefficient (Wildman–Crippen LogP) is 2.29. The van der Waals surface area contributed by atoms with Gasteiger partial charge < -0.3 is 14.8 Å². The lowest BCUT2D eigenvalue weighted by Gasteiger charge is -2.13. The van der Waals surface area contributed by atoms with Gasteiger partial charge in [0.25, 0.3) is 0 Å². The lowest BCUT2D eigenvalue weighted by molar-refractivity contribution is -0.140. The summed E-state index contributed by atoms with van der Waals surface area (Å²) in [6.45, 7) is 6.36. The third-order valence-electron chi connectivity index (χ3n) is 2.69. The molecule has 4 heteroatoms. The average Bonchev–Trinajstić information content (AvgIpc) is 2.31. The molecule has 1 rings (SSSR count). The van der Waals surface area contributed by atoms with Crippen molar-refractivity contribution in [1.82, 2.24) is 0 Å². The number of anilines is 1. The van der Waals surface area contributed by atoms with E-state index in [1.807, 2.05) is 26.0 Å². The zero-order chi connectivity index (χ0) is 12.8. The number of ether oxygens (including phenoxy) is 2. The topological polar surface area (TPSA) is 47.6 Å². The Labute approximate surface area is 102 Å². The summed E-state index contributed by atoms with van der Waals surface area (Å²) < 4.78 is 10.1. The number of hydrogen-bond donors (Lipinski definition) is 1. The minimum absolute atomic E-state index is 0.181. The molecule has 4 nitrogen and oxygen atoms in total. The maximum absolute atomic E-state index is 11.2. The molecule has 0 unspecified atom stereocenters. The van der Waals surface area contributed by atoms with Gasteiger partial charge in [0.15, 0.2) is 0 Å². The number of carbonyl (C=O) groups is 1. The molecule has 0 fully saturated rings. The fourth-order valence-electron chi connectivity index (χ4n) is 1.59. The summed E-state index contributed by atoms with van der Waals surface area (Å²) in [5.74, 6) is 0.601. The maximum atomic E-state index is 11.2. The smallest absolute Gasteiger partial charge is 0.325 e. The minimum Gasteiger partial charge on any atom is -0.496 e. The third-order valence-corrected chi connectivity index (χ3v) is 2.69. The number of methoxy groups -OCH3 is 1. The Hall–Kier alpha value is -1.71. The Morgan fingerprint density at radius 2 is 2.00 bits per heavy atom. The summed E-state index contributed by atoms with van der Waals surface area (Å²) >= 11 is 0. The first kappa shape index (κ1) is 13.4. The van der Waals surface area contributed by atoms with E-state index in [1.165, 1.54) is 0 Å². The second kappa shape index (κ2) is 6.13. The minimum atomic E-state index is -0.250. The van der Waals surface area contributed by atoms with Crippen LogP contribution in [0.5, 0.6) is 5.75 Å². The van der Waals surface area contributed by atoms with Crippen molar-refractivity contribution in [2.75, 3.05) is 25.6 Å². The maximum Gasteiger partial charge on any atom is 0.325 e. The summed E-state index contributed by atoms with van der Waals surface area (Å²) in [5, 5.41) is 3.06. The van der Waals surface area contributed by atoms with Gasteiger partial charge in [-0.15, -0.1) is 0 Å². The van der Waals surface area contributed by atoms with Crippen LogP contribution in [0.25, 0.3) is 0 Å². The van der Waals surface area contributed by atoms with Gasteiger partial charge >= 0.3 is 5.97 Å². The van der Waals surface area contributed by atoms with E-state index in [4.69, 9.17) is 9.47 Å². The highest BCUT2D eigenvalue weighted by Gasteiger charge is 2.08. The third kappa shape index (κ3) is 3.37. The molecule has 0 amide bonds. The summed E-state index contributed by atoms with van der Waals surface area (Å²) in [6, 6.07) is 3.79. The average molecular weight is 237 g/mol. The van der Waals surface area contributed by atoms with E-state index < -0.39 is 0 Å². The van der Waals surface area contributed by atoms with Gasteiger partial charge in [0.2, 0.25) is 0 Å². The standard InChI is InChI=1S/C13H19NO3/c1-5-17-13(15)8-14-11-6-7-12(16-4)10(3)9(11)2/h6-7,14H,5,8H2,1-4H3. The van der Waals surface area contributed by atoms with Gasteiger partial charge in [-0.25, -0.2) is 0 Å². The molecule has 0 bridgehead atoms. The number of hydrogen-bond acceptors (Lipinski definition) is 4. The van der Waals surface area contributed by atoms with E-state index in [1.54, 1.807) is 14.0 Å². The zero-order valence-electron chi connectivity index (χ0n) is 10.8. The summed E-state index contributed by atoms with van der Waals surface area (Å²) in [5.41, 5.74) is 3.08. The number of esters is 1. The van der Waals surface area contributed by atoms with Crippen molar-refractivity contribution in [2.24, 2.45) is 0 Å². The SMILES string of the molecule is CCOC(=O)CNc1ccc(OC)c(C)c1C. The molecule has 0 aliphatic carbocycles. The van der Waals surface area contributed by atoms with E-state index in [9.17, 15) is 4.79 Å². The van der Waals surface area contributed by atoms with E-state index in [-0.39, 0.29) is 12.5 Å². The highest BCUT2D eigenvalue weighted by Crippen LogP contribution is 2.26. The molecule has 0 heterocycles. The molecule has 0 spiro atoms. The Balaban J connectivity index is 2.73. The van der Waals surface area contributed by atoms with Crippen LogP contribution in [0.2, 0.25) is 0 Å². The van der Waals surface area contributed by atoms with Crippen LogP contribution in [0.3, 0.4) is 0 Å². The van der Waals surface area contributed by atoms with Crippen LogP contribution in [0, 0.1) is 13.8 Å². The molecule has 0 atom stereocenters. The molecule has 0 saturated carbocycles. The van der Waals surface area contributed by atoms with Gasteiger partial charge in [0.05, 0.1) is 13.7 Å². The van der Waals surface area contributed by atoms with Crippen molar-refractivity contribution in [2.45, 2.75) is 20.8 Å². The van der Waals surface area contributed by atoms with E-state index in [0.29, 0.717) is 6.61 Å². The van der Waals surface area contributed by atoms with Crippen LogP contribution in [-0.4, -0.2) is 26.2 Å². The molecule has 1 aromatic carbocycles. The van der Waals surface area contributed by atoms with Crippen LogP contribution < -0.4 is 10.1 Å². The molecule has 0 radical (unpaired) electrons. The number of rotatable bonds is 5. The number of carbonyl (C=O) groups excluding carboxylic acids is 1. The van der Waals surface area contributed by atoms with Crippen LogP contribution in [-0.2, 0) is 9.53 Å². The predicted molar refractivity (Wildman–Crippen MR) is 67.6 cm³/mol. The van der Waals surface area contributed by atoms with Crippen LogP contribution in [0.1, 0.15) is 18.1 Å². The lowest BCUT2D eigenvalue weighted by Crippen LogP contribution is -2.17. The van der Waals surface area contributed by atoms with Crippen molar-refractivity contribution < 1.29 is 14.3 Å². The second-order valence-electron chi connectivity index (χ2n) is 3.72. The van der Waals surface area contributed by atoms with Gasteiger partial charge in [0.1, 0.15) is 12.3 Å². The summed E-state index contributed by atoms with van der Waals surface area (Å²) in [4.78, 5) is 11.2. The molecule has 17 heavy (non-hydrogen) atoms. The fraction of sp³-hybridized carbons (Fsp3) is 0.462. The van der Waals surface area contributed by atoms with Crippen molar-refractivity contribution in [1.29, 1.82) is 0 Å². The summed E-state index contributed by atoms with van der Waals surface area (Å²) in [7, 11) is 1.65. The van der Waals surface area contributed by atoms with Crippen LogP contribution in [0.4, 0.5) is 5.69 Å². The molecule has 94 valence electrons. The molecule has 1 N–H and O–H groups in total. The molecule has 0 aliphatic rings.